The largest absolute Gasteiger partial charge is 0.496 e. The molecule has 98 heavy (non-hydrogen) atoms. The van der Waals surface area contributed by atoms with Gasteiger partial charge < -0.3 is 48.9 Å². The van der Waals surface area contributed by atoms with Crippen LogP contribution in [0.3, 0.4) is 0 Å². The summed E-state index contributed by atoms with van der Waals surface area (Å²) in [6, 6.07) is 15.3. The topological polar surface area (TPSA) is 250 Å². The number of carbonyl (C=O) groups excluding carboxylic acids is 6. The number of amides is 4. The number of esters is 2. The third kappa shape index (κ3) is 15.1. The van der Waals surface area contributed by atoms with E-state index in [1.165, 1.54) is 0 Å². The lowest BCUT2D eigenvalue weighted by molar-refractivity contribution is -0.150. The molecule has 6 aromatic rings. The van der Waals surface area contributed by atoms with Crippen LogP contribution < -0.4 is 29.6 Å². The number of rotatable bonds is 23. The number of allylic oxidation sites excluding steroid dienone is 2. The van der Waals surface area contributed by atoms with E-state index in [0.717, 1.165) is 77.3 Å². The molecule has 0 unspecified atom stereocenters. The molecule has 0 spiro atoms. The zero-order valence-corrected chi connectivity index (χ0v) is 59.1. The van der Waals surface area contributed by atoms with Gasteiger partial charge in [0.15, 0.2) is 11.6 Å². The van der Waals surface area contributed by atoms with Crippen molar-refractivity contribution >= 4 is 57.4 Å². The molecule has 4 saturated carbocycles. The number of pyridine rings is 2. The van der Waals surface area contributed by atoms with Crippen LogP contribution in [-0.4, -0.2) is 153 Å². The number of aryl methyl sites for hydroxylation is 2. The Balaban J connectivity index is 0.000000213. The molecule has 2 N–H and O–H groups in total. The second kappa shape index (κ2) is 30.8. The Labute approximate surface area is 575 Å². The van der Waals surface area contributed by atoms with Crippen LogP contribution in [0.4, 0.5) is 0 Å². The molecule has 5 heterocycles. The lowest BCUT2D eigenvalue weighted by atomic mass is 9.93. The first-order chi connectivity index (χ1) is 47.0. The number of nitrogens with one attached hydrogen (secondary N) is 2. The predicted octanol–water partition coefficient (Wildman–Crippen LogP) is 11.3. The van der Waals surface area contributed by atoms with Crippen LogP contribution in [0.15, 0.2) is 98.4 Å². The van der Waals surface area contributed by atoms with Gasteiger partial charge in [-0.2, -0.15) is 10.2 Å². The fourth-order valence-corrected chi connectivity index (χ4v) is 14.2. The van der Waals surface area contributed by atoms with Crippen molar-refractivity contribution in [3.8, 4) is 34.6 Å². The lowest BCUT2D eigenvalue weighted by Gasteiger charge is -2.26. The van der Waals surface area contributed by atoms with Gasteiger partial charge in [-0.05, 0) is 153 Å². The zero-order valence-electron chi connectivity index (χ0n) is 59.1. The SMILES string of the molecule is C=CCCCCN(C)C(=O)[C@@H]1C[C@H](Oc2cc(-n3ccc(C(C)C)n3)nc3c(C)c(OC)ccc23)C[C@H]1C(=O)N[C@]1(C(=O)OCC)C[C@H]1C=C.CCOC(=O)[C@@]12C[C@H]1/C=C\CCCCN(C)C(=O)[C@@H]1C[C@H](Oc3cc(-n4ccc(C(C)C)n4)nc4c(C)c(OC)ccc34)C[C@H]1C(=O)N2. The van der Waals surface area contributed by atoms with Gasteiger partial charge >= 0.3 is 11.9 Å². The van der Waals surface area contributed by atoms with Crippen molar-refractivity contribution in [1.29, 1.82) is 0 Å². The number of methoxy groups -OCH3 is 2. The van der Waals surface area contributed by atoms with Crippen LogP contribution in [0.5, 0.6) is 23.0 Å². The first kappa shape index (κ1) is 71.7. The van der Waals surface area contributed by atoms with Gasteiger partial charge in [0.05, 0.1) is 73.5 Å². The summed E-state index contributed by atoms with van der Waals surface area (Å²) in [6.45, 7) is 25.0. The average Bonchev–Trinajstić information content (AvgIpc) is 1.57. The fourth-order valence-electron chi connectivity index (χ4n) is 14.2. The summed E-state index contributed by atoms with van der Waals surface area (Å²) in [5.74, 6) is -0.510. The van der Waals surface area contributed by atoms with Crippen molar-refractivity contribution in [3.63, 3.8) is 0 Å². The smallest absolute Gasteiger partial charge is 0.332 e. The molecule has 4 amide bonds. The Morgan fingerprint density at radius 1 is 0.735 bits per heavy atom. The average molecular weight is 1340 g/mol. The summed E-state index contributed by atoms with van der Waals surface area (Å²) in [5.41, 5.74) is 2.77. The molecule has 10 atom stereocenters. The molecule has 4 aliphatic carbocycles. The summed E-state index contributed by atoms with van der Waals surface area (Å²) < 4.78 is 39.0. The fraction of sp³-hybridized carbons (Fsp3) is 0.526. The van der Waals surface area contributed by atoms with E-state index in [-0.39, 0.29) is 66.9 Å². The number of hydrogen-bond acceptors (Lipinski definition) is 16. The highest BCUT2D eigenvalue weighted by Gasteiger charge is 2.63. The van der Waals surface area contributed by atoms with E-state index in [0.29, 0.717) is 85.3 Å². The lowest BCUT2D eigenvalue weighted by Crippen LogP contribution is -2.50. The minimum absolute atomic E-state index is 0.0787. The predicted molar refractivity (Wildman–Crippen MR) is 373 cm³/mol. The monoisotopic (exact) mass is 1340 g/mol. The summed E-state index contributed by atoms with van der Waals surface area (Å²) >= 11 is 0. The quantitative estimate of drug-likeness (QED) is 0.0344. The number of fused-ring (bicyclic) bond motifs is 4. The number of aromatic nitrogens is 6. The number of carbonyl (C=O) groups is 6. The van der Waals surface area contributed by atoms with Gasteiger partial charge in [-0.15, -0.1) is 13.2 Å². The van der Waals surface area contributed by atoms with E-state index in [9.17, 15) is 28.8 Å². The van der Waals surface area contributed by atoms with Crippen molar-refractivity contribution in [3.05, 3.63) is 121 Å². The summed E-state index contributed by atoms with van der Waals surface area (Å²) in [4.78, 5) is 95.7. The molecule has 4 fully saturated rings. The van der Waals surface area contributed by atoms with Crippen LogP contribution in [0.1, 0.15) is 153 Å². The maximum atomic E-state index is 14.1. The second-order valence-corrected chi connectivity index (χ2v) is 27.5. The molecular formula is C76H98N10O12. The van der Waals surface area contributed by atoms with Gasteiger partial charge in [0, 0.05) is 85.4 Å². The zero-order chi connectivity index (χ0) is 70.3. The van der Waals surface area contributed by atoms with Crippen molar-refractivity contribution in [1.82, 2.24) is 50.0 Å². The number of benzene rings is 2. The Morgan fingerprint density at radius 3 is 1.83 bits per heavy atom. The minimum atomic E-state index is -1.16. The van der Waals surface area contributed by atoms with Crippen LogP contribution in [0, 0.1) is 49.4 Å². The van der Waals surface area contributed by atoms with Crippen molar-refractivity contribution in [2.24, 2.45) is 35.5 Å². The number of hydrogen-bond donors (Lipinski definition) is 2. The molecule has 22 heteroatoms. The molecule has 11 rings (SSSR count). The molecule has 22 nitrogen and oxygen atoms in total. The van der Waals surface area contributed by atoms with Crippen LogP contribution in [0.2, 0.25) is 0 Å². The Hall–Kier alpha value is -9.08. The molecule has 4 aromatic heterocycles. The molecule has 2 aromatic carbocycles. The van der Waals surface area contributed by atoms with E-state index in [2.05, 4.69) is 57.6 Å². The molecule has 5 aliphatic rings. The van der Waals surface area contributed by atoms with Gasteiger partial charge in [0.25, 0.3) is 0 Å². The van der Waals surface area contributed by atoms with Crippen molar-refractivity contribution in [2.45, 2.75) is 168 Å². The van der Waals surface area contributed by atoms with Gasteiger partial charge in [0.1, 0.15) is 46.3 Å². The number of unbranched alkanes of at least 4 members (excludes halogenated alkanes) is 2. The first-order valence-electron chi connectivity index (χ1n) is 34.8. The van der Waals surface area contributed by atoms with Crippen LogP contribution >= 0.6 is 0 Å². The van der Waals surface area contributed by atoms with E-state index >= 15 is 0 Å². The van der Waals surface area contributed by atoms with Crippen LogP contribution in [-0.2, 0) is 38.2 Å². The maximum Gasteiger partial charge on any atom is 0.332 e. The van der Waals surface area contributed by atoms with E-state index in [4.69, 9.17) is 48.6 Å². The number of nitrogens with zero attached hydrogens (tertiary/aromatic N) is 8. The highest BCUT2D eigenvalue weighted by atomic mass is 16.5. The van der Waals surface area contributed by atoms with Gasteiger partial charge in [-0.25, -0.2) is 28.9 Å². The minimum Gasteiger partial charge on any atom is -0.496 e. The molecule has 0 bridgehead atoms. The van der Waals surface area contributed by atoms with E-state index in [1.54, 1.807) is 67.4 Å². The number of ether oxygens (including phenoxy) is 6. The van der Waals surface area contributed by atoms with Crippen LogP contribution in [0.25, 0.3) is 33.4 Å². The highest BCUT2D eigenvalue weighted by Crippen LogP contribution is 2.49. The Morgan fingerprint density at radius 2 is 1.30 bits per heavy atom. The van der Waals surface area contributed by atoms with E-state index < -0.39 is 58.9 Å². The maximum absolute atomic E-state index is 14.1. The second-order valence-electron chi connectivity index (χ2n) is 27.5. The third-order valence-electron chi connectivity index (χ3n) is 20.2. The Bertz CT molecular complexity index is 3990. The highest BCUT2D eigenvalue weighted by molar-refractivity contribution is 5.97. The molecule has 0 radical (unpaired) electrons. The third-order valence-corrected chi connectivity index (χ3v) is 20.2. The standard InChI is InChI=1S/C39H51N5O6.C37H47N5O6/c1-9-12-13-14-18-43(7)37(46)30-21-27(20-29(30)36(45)41-39(23-26(39)10-2)38(47)49-11-3)50-33-22-34(44-19-17-31(42-44)24(4)5)40-35-25(6)32(48-8)16-15-28(33)35;1-7-47-36(45)37-21-24(37)12-10-8-9-11-16-41(5)35(44)28-19-25(18-27(28)34(43)39-37)48-31-20-32(42-17-15-29(40-42)22(2)3)38-33-23(4)30(46-6)14-13-26(31)33/h9-10,15-17,19,22,24,26-27,29-30H,1-2,11-14,18,20-21,23H2,3-8H3,(H,41,45);10,12-15,17,20,22,24-25,27-28H,7-9,11,16,18-19,21H2,1-6H3,(H,39,43)/b;12-10-/t26-,27-,29-,30-,39-;24-,25-,27-,28-,37-/m11/s1. The first-order valence-corrected chi connectivity index (χ1v) is 34.8. The van der Waals surface area contributed by atoms with E-state index in [1.807, 2.05) is 86.9 Å². The molecular weight excluding hydrogens is 1240 g/mol. The summed E-state index contributed by atoms with van der Waals surface area (Å²) in [5, 5.41) is 17.1. The van der Waals surface area contributed by atoms with Gasteiger partial charge in [0.2, 0.25) is 23.6 Å². The van der Waals surface area contributed by atoms with Gasteiger partial charge in [-0.3, -0.25) is 19.2 Å². The molecule has 524 valence electrons. The summed E-state index contributed by atoms with van der Waals surface area (Å²) in [7, 11) is 6.84. The van der Waals surface area contributed by atoms with Crippen molar-refractivity contribution in [2.75, 3.05) is 54.6 Å². The normalized spacial score (nSPS) is 24.7. The Kier molecular flexibility index (Phi) is 22.5. The summed E-state index contributed by atoms with van der Waals surface area (Å²) in [6.07, 6.45) is 18.0. The van der Waals surface area contributed by atoms with Gasteiger partial charge in [-0.1, -0.05) is 52.0 Å². The molecule has 1 aliphatic heterocycles. The van der Waals surface area contributed by atoms with Crippen molar-refractivity contribution < 1.29 is 57.2 Å². The molecule has 0 saturated heterocycles.